The van der Waals surface area contributed by atoms with Crippen LogP contribution in [-0.4, -0.2) is 53.4 Å². The van der Waals surface area contributed by atoms with Gasteiger partial charge in [0.15, 0.2) is 0 Å². The molecule has 0 amide bonds. The smallest absolute Gasteiger partial charge is 0.251 e. The molecule has 0 spiro atoms. The van der Waals surface area contributed by atoms with E-state index in [1.54, 1.807) is 0 Å². The lowest BCUT2D eigenvalue weighted by Gasteiger charge is -2.37. The zero-order valence-electron chi connectivity index (χ0n) is 8.78. The van der Waals surface area contributed by atoms with Crippen LogP contribution in [0.15, 0.2) is 0 Å². The Labute approximate surface area is 88.7 Å². The van der Waals surface area contributed by atoms with Gasteiger partial charge in [0.2, 0.25) is 0 Å². The van der Waals surface area contributed by atoms with Crippen LogP contribution in [-0.2, 0) is 0 Å². The van der Waals surface area contributed by atoms with Crippen molar-refractivity contribution in [3.05, 3.63) is 0 Å². The number of hydrogen-bond acceptors (Lipinski definition) is 3. The maximum absolute atomic E-state index is 12.3. The predicted molar refractivity (Wildman–Crippen MR) is 52.9 cm³/mol. The van der Waals surface area contributed by atoms with Crippen LogP contribution in [0.5, 0.6) is 0 Å². The second-order valence-corrected chi connectivity index (χ2v) is 4.03. The second kappa shape index (κ2) is 6.35. The Bertz CT molecular complexity index is 181. The van der Waals surface area contributed by atoms with Gasteiger partial charge in [-0.2, -0.15) is 0 Å². The molecule has 1 aliphatic rings. The normalized spacial score (nSPS) is 27.6. The molecule has 0 unspecified atom stereocenters. The third-order valence-corrected chi connectivity index (χ3v) is 2.92. The van der Waals surface area contributed by atoms with Crippen molar-refractivity contribution in [3.63, 3.8) is 0 Å². The molecule has 2 atom stereocenters. The summed E-state index contributed by atoms with van der Waals surface area (Å²) in [7, 11) is 0. The molecular weight excluding hydrogens is 204 g/mol. The van der Waals surface area contributed by atoms with Crippen LogP contribution in [0.2, 0.25) is 0 Å². The van der Waals surface area contributed by atoms with Crippen LogP contribution in [0.4, 0.5) is 8.78 Å². The van der Waals surface area contributed by atoms with E-state index in [4.69, 9.17) is 5.11 Å². The molecular formula is C10H19F2NO2. The number of alkyl halides is 2. The molecule has 1 aliphatic carbocycles. The SMILES string of the molecule is OCCN(CC(F)F)[C@@H]1CCCC[C@H]1O. The second-order valence-electron chi connectivity index (χ2n) is 4.03. The molecule has 1 saturated carbocycles. The minimum atomic E-state index is -2.41. The van der Waals surface area contributed by atoms with Crippen LogP contribution in [0.1, 0.15) is 25.7 Å². The van der Waals surface area contributed by atoms with Gasteiger partial charge >= 0.3 is 0 Å². The van der Waals surface area contributed by atoms with Crippen LogP contribution in [0.25, 0.3) is 0 Å². The van der Waals surface area contributed by atoms with Gasteiger partial charge < -0.3 is 10.2 Å². The van der Waals surface area contributed by atoms with E-state index in [2.05, 4.69) is 0 Å². The first-order chi connectivity index (χ1) is 7.15. The van der Waals surface area contributed by atoms with Gasteiger partial charge in [-0.25, -0.2) is 8.78 Å². The van der Waals surface area contributed by atoms with Crippen molar-refractivity contribution in [1.82, 2.24) is 4.90 Å². The van der Waals surface area contributed by atoms with E-state index in [9.17, 15) is 13.9 Å². The summed E-state index contributed by atoms with van der Waals surface area (Å²) in [6, 6.07) is -0.208. The lowest BCUT2D eigenvalue weighted by Crippen LogP contribution is -2.48. The van der Waals surface area contributed by atoms with E-state index in [0.29, 0.717) is 6.42 Å². The van der Waals surface area contributed by atoms with Gasteiger partial charge in [-0.15, -0.1) is 0 Å². The highest BCUT2D eigenvalue weighted by molar-refractivity contribution is 4.83. The van der Waals surface area contributed by atoms with Crippen molar-refractivity contribution >= 4 is 0 Å². The molecule has 1 rings (SSSR count). The topological polar surface area (TPSA) is 43.7 Å². The Morgan fingerprint density at radius 3 is 2.47 bits per heavy atom. The molecule has 0 radical (unpaired) electrons. The van der Waals surface area contributed by atoms with E-state index in [-0.39, 0.29) is 25.7 Å². The summed E-state index contributed by atoms with van der Waals surface area (Å²) >= 11 is 0. The van der Waals surface area contributed by atoms with Gasteiger partial charge in [0, 0.05) is 12.6 Å². The Morgan fingerprint density at radius 1 is 1.27 bits per heavy atom. The largest absolute Gasteiger partial charge is 0.395 e. The molecule has 5 heteroatoms. The molecule has 0 aromatic heterocycles. The number of halogens is 2. The Balaban J connectivity index is 2.51. The number of aliphatic hydroxyl groups excluding tert-OH is 2. The molecule has 0 heterocycles. The minimum Gasteiger partial charge on any atom is -0.395 e. The van der Waals surface area contributed by atoms with Crippen LogP contribution in [0.3, 0.4) is 0 Å². The monoisotopic (exact) mass is 223 g/mol. The lowest BCUT2D eigenvalue weighted by atomic mass is 9.91. The van der Waals surface area contributed by atoms with Crippen molar-refractivity contribution < 1.29 is 19.0 Å². The summed E-state index contributed by atoms with van der Waals surface area (Å²) in [5.41, 5.74) is 0. The zero-order valence-corrected chi connectivity index (χ0v) is 8.78. The highest BCUT2D eigenvalue weighted by atomic mass is 19.3. The first-order valence-electron chi connectivity index (χ1n) is 5.46. The van der Waals surface area contributed by atoms with Crippen molar-refractivity contribution in [3.8, 4) is 0 Å². The van der Waals surface area contributed by atoms with Crippen molar-refractivity contribution in [1.29, 1.82) is 0 Å². The average Bonchev–Trinajstić information content (AvgIpc) is 2.17. The molecule has 0 aliphatic heterocycles. The Morgan fingerprint density at radius 2 is 1.93 bits per heavy atom. The minimum absolute atomic E-state index is 0.143. The number of rotatable bonds is 5. The first kappa shape index (κ1) is 12.8. The van der Waals surface area contributed by atoms with Crippen LogP contribution >= 0.6 is 0 Å². The van der Waals surface area contributed by atoms with Crippen LogP contribution < -0.4 is 0 Å². The molecule has 15 heavy (non-hydrogen) atoms. The summed E-state index contributed by atoms with van der Waals surface area (Å²) in [5, 5.41) is 18.5. The van der Waals surface area contributed by atoms with E-state index < -0.39 is 12.5 Å². The molecule has 90 valence electrons. The van der Waals surface area contributed by atoms with E-state index in [0.717, 1.165) is 19.3 Å². The Kier molecular flexibility index (Phi) is 5.42. The lowest BCUT2D eigenvalue weighted by molar-refractivity contribution is -0.0152. The molecule has 0 saturated heterocycles. The summed E-state index contributed by atoms with van der Waals surface area (Å²) < 4.78 is 24.6. The van der Waals surface area contributed by atoms with Crippen molar-refractivity contribution in [2.24, 2.45) is 0 Å². The molecule has 0 aromatic rings. The fourth-order valence-corrected chi connectivity index (χ4v) is 2.22. The van der Waals surface area contributed by atoms with Gasteiger partial charge in [0.1, 0.15) is 0 Å². The Hall–Kier alpha value is -0.260. The average molecular weight is 223 g/mol. The van der Waals surface area contributed by atoms with Gasteiger partial charge in [0.25, 0.3) is 6.43 Å². The maximum atomic E-state index is 12.3. The third-order valence-electron chi connectivity index (χ3n) is 2.92. The molecule has 0 bridgehead atoms. The maximum Gasteiger partial charge on any atom is 0.251 e. The fourth-order valence-electron chi connectivity index (χ4n) is 2.22. The van der Waals surface area contributed by atoms with Crippen LogP contribution in [0, 0.1) is 0 Å². The number of aliphatic hydroxyl groups is 2. The van der Waals surface area contributed by atoms with E-state index in [1.165, 1.54) is 4.90 Å². The molecule has 0 aromatic carbocycles. The molecule has 2 N–H and O–H groups in total. The predicted octanol–water partition coefficient (Wildman–Crippen LogP) is 0.849. The standard InChI is InChI=1S/C10H19F2NO2/c11-10(12)7-13(5-6-14)8-3-1-2-4-9(8)15/h8-10,14-15H,1-7H2/t8-,9-/m1/s1. The van der Waals surface area contributed by atoms with Gasteiger partial charge in [0.05, 0.1) is 19.3 Å². The summed E-state index contributed by atoms with van der Waals surface area (Å²) in [4.78, 5) is 1.51. The highest BCUT2D eigenvalue weighted by Crippen LogP contribution is 2.23. The molecule has 3 nitrogen and oxygen atoms in total. The van der Waals surface area contributed by atoms with Gasteiger partial charge in [-0.05, 0) is 12.8 Å². The number of nitrogens with zero attached hydrogens (tertiary/aromatic N) is 1. The number of hydrogen-bond donors (Lipinski definition) is 2. The first-order valence-corrected chi connectivity index (χ1v) is 5.46. The van der Waals surface area contributed by atoms with Crippen molar-refractivity contribution in [2.45, 2.75) is 44.3 Å². The van der Waals surface area contributed by atoms with Gasteiger partial charge in [-0.3, -0.25) is 4.90 Å². The quantitative estimate of drug-likeness (QED) is 0.726. The van der Waals surface area contributed by atoms with Gasteiger partial charge in [-0.1, -0.05) is 12.8 Å². The zero-order chi connectivity index (χ0) is 11.3. The van der Waals surface area contributed by atoms with Crippen molar-refractivity contribution in [2.75, 3.05) is 19.7 Å². The fraction of sp³-hybridized carbons (Fsp3) is 1.00. The molecule has 1 fully saturated rings. The summed E-state index contributed by atoms with van der Waals surface area (Å²) in [6.45, 7) is -0.287. The third kappa shape index (κ3) is 4.01. The summed E-state index contributed by atoms with van der Waals surface area (Å²) in [5.74, 6) is 0. The highest BCUT2D eigenvalue weighted by Gasteiger charge is 2.29. The van der Waals surface area contributed by atoms with E-state index in [1.807, 2.05) is 0 Å². The summed E-state index contributed by atoms with van der Waals surface area (Å²) in [6.07, 6.45) is 0.408. The van der Waals surface area contributed by atoms with E-state index >= 15 is 0 Å².